The molecule has 3 nitrogen and oxygen atoms in total. The number of rotatable bonds is 2. The summed E-state index contributed by atoms with van der Waals surface area (Å²) in [6.07, 6.45) is 2.45. The van der Waals surface area contributed by atoms with Gasteiger partial charge in [0.2, 0.25) is 0 Å². The topological polar surface area (TPSA) is 44.5 Å². The van der Waals surface area contributed by atoms with Crippen LogP contribution in [0.1, 0.15) is 24.5 Å². The van der Waals surface area contributed by atoms with E-state index in [9.17, 15) is 0 Å². The second-order valence-electron chi connectivity index (χ2n) is 3.68. The van der Waals surface area contributed by atoms with Crippen molar-refractivity contribution in [3.8, 4) is 5.75 Å². The number of hydrogen-bond donors (Lipinski definition) is 1. The van der Waals surface area contributed by atoms with Crippen molar-refractivity contribution < 1.29 is 9.57 Å². The van der Waals surface area contributed by atoms with Crippen molar-refractivity contribution in [2.75, 3.05) is 0 Å². The first-order chi connectivity index (χ1) is 6.81. The van der Waals surface area contributed by atoms with E-state index < -0.39 is 0 Å². The average Bonchev–Trinajstić information content (AvgIpc) is 2.19. The molecule has 0 saturated carbocycles. The van der Waals surface area contributed by atoms with Gasteiger partial charge in [-0.1, -0.05) is 18.2 Å². The van der Waals surface area contributed by atoms with Crippen molar-refractivity contribution in [1.29, 1.82) is 0 Å². The molecule has 1 heterocycles. The Hall–Kier alpha value is -1.06. The molecule has 3 heteroatoms. The molecule has 0 aromatic heterocycles. The van der Waals surface area contributed by atoms with Crippen molar-refractivity contribution >= 4 is 0 Å². The maximum Gasteiger partial charge on any atom is 0.128 e. The average molecular weight is 193 g/mol. The SMILES string of the molecule is CC1CCc2cccc(CON)c2O1. The number of aryl methyl sites for hydroxylation is 1. The molecule has 0 fully saturated rings. The van der Waals surface area contributed by atoms with E-state index in [1.807, 2.05) is 12.1 Å². The molecule has 0 amide bonds. The Labute approximate surface area is 83.8 Å². The Morgan fingerprint density at radius 3 is 3.21 bits per heavy atom. The molecule has 1 atom stereocenters. The highest BCUT2D eigenvalue weighted by Crippen LogP contribution is 2.31. The van der Waals surface area contributed by atoms with E-state index in [1.165, 1.54) is 5.56 Å². The van der Waals surface area contributed by atoms with Crippen molar-refractivity contribution in [2.24, 2.45) is 5.90 Å². The second kappa shape index (κ2) is 3.98. The van der Waals surface area contributed by atoms with Gasteiger partial charge < -0.3 is 4.74 Å². The summed E-state index contributed by atoms with van der Waals surface area (Å²) in [5.41, 5.74) is 2.30. The van der Waals surface area contributed by atoms with Crippen LogP contribution in [0.4, 0.5) is 0 Å². The summed E-state index contributed by atoms with van der Waals surface area (Å²) in [5, 5.41) is 0. The van der Waals surface area contributed by atoms with Gasteiger partial charge in [-0.3, -0.25) is 4.84 Å². The highest BCUT2D eigenvalue weighted by Gasteiger charge is 2.18. The Kier molecular flexibility index (Phi) is 2.70. The summed E-state index contributed by atoms with van der Waals surface area (Å²) < 4.78 is 5.78. The van der Waals surface area contributed by atoms with Crippen LogP contribution >= 0.6 is 0 Å². The van der Waals surface area contributed by atoms with Gasteiger partial charge in [-0.05, 0) is 25.3 Å². The molecule has 0 spiro atoms. The van der Waals surface area contributed by atoms with Gasteiger partial charge >= 0.3 is 0 Å². The van der Waals surface area contributed by atoms with Crippen molar-refractivity contribution in [3.05, 3.63) is 29.3 Å². The Morgan fingerprint density at radius 1 is 1.57 bits per heavy atom. The summed E-state index contributed by atoms with van der Waals surface area (Å²) >= 11 is 0. The maximum atomic E-state index is 5.78. The smallest absolute Gasteiger partial charge is 0.128 e. The lowest BCUT2D eigenvalue weighted by atomic mass is 10.00. The fourth-order valence-corrected chi connectivity index (χ4v) is 1.81. The zero-order chi connectivity index (χ0) is 9.97. The minimum atomic E-state index is 0.293. The third kappa shape index (κ3) is 1.74. The van der Waals surface area contributed by atoms with Crippen molar-refractivity contribution in [3.63, 3.8) is 0 Å². The maximum absolute atomic E-state index is 5.78. The number of para-hydroxylation sites is 1. The van der Waals surface area contributed by atoms with Gasteiger partial charge in [-0.2, -0.15) is 0 Å². The first-order valence-corrected chi connectivity index (χ1v) is 4.90. The molecule has 2 N–H and O–H groups in total. The van der Waals surface area contributed by atoms with Crippen LogP contribution in [0.15, 0.2) is 18.2 Å². The van der Waals surface area contributed by atoms with Crippen LogP contribution in [-0.2, 0) is 17.9 Å². The van der Waals surface area contributed by atoms with Gasteiger partial charge in [0, 0.05) is 5.56 Å². The summed E-state index contributed by atoms with van der Waals surface area (Å²) in [4.78, 5) is 4.65. The standard InChI is InChI=1S/C11H15NO2/c1-8-5-6-9-3-2-4-10(7-13-12)11(9)14-8/h2-4,8H,5-7,12H2,1H3. The highest BCUT2D eigenvalue weighted by atomic mass is 16.6. The molecule has 1 aromatic carbocycles. The summed E-state index contributed by atoms with van der Waals surface area (Å²) in [6.45, 7) is 2.50. The van der Waals surface area contributed by atoms with E-state index in [1.54, 1.807) is 0 Å². The molecule has 1 unspecified atom stereocenters. The Balaban J connectivity index is 2.33. The lowest BCUT2D eigenvalue weighted by Crippen LogP contribution is -2.20. The first kappa shape index (κ1) is 9.49. The molecule has 0 aliphatic carbocycles. The van der Waals surface area contributed by atoms with Crippen LogP contribution in [0.5, 0.6) is 5.75 Å². The molecule has 1 aromatic rings. The molecular weight excluding hydrogens is 178 g/mol. The van der Waals surface area contributed by atoms with E-state index in [0.717, 1.165) is 24.2 Å². The predicted molar refractivity (Wildman–Crippen MR) is 53.8 cm³/mol. The summed E-state index contributed by atoms with van der Waals surface area (Å²) in [6, 6.07) is 6.11. The highest BCUT2D eigenvalue weighted by molar-refractivity contribution is 5.42. The second-order valence-corrected chi connectivity index (χ2v) is 3.68. The number of hydrogen-bond acceptors (Lipinski definition) is 3. The lowest BCUT2D eigenvalue weighted by Gasteiger charge is -2.25. The van der Waals surface area contributed by atoms with E-state index >= 15 is 0 Å². The van der Waals surface area contributed by atoms with Crippen LogP contribution in [0.2, 0.25) is 0 Å². The molecule has 2 rings (SSSR count). The fraction of sp³-hybridized carbons (Fsp3) is 0.455. The van der Waals surface area contributed by atoms with E-state index in [2.05, 4.69) is 17.8 Å². The number of ether oxygens (including phenoxy) is 1. The number of fused-ring (bicyclic) bond motifs is 1. The van der Waals surface area contributed by atoms with Gasteiger partial charge in [0.25, 0.3) is 0 Å². The zero-order valence-electron chi connectivity index (χ0n) is 8.32. The van der Waals surface area contributed by atoms with Crippen LogP contribution in [0.3, 0.4) is 0 Å². The zero-order valence-corrected chi connectivity index (χ0v) is 8.32. The van der Waals surface area contributed by atoms with Crippen LogP contribution in [0.25, 0.3) is 0 Å². The van der Waals surface area contributed by atoms with Crippen LogP contribution in [-0.4, -0.2) is 6.10 Å². The molecule has 0 saturated heterocycles. The van der Waals surface area contributed by atoms with Crippen LogP contribution in [0, 0.1) is 0 Å². The fourth-order valence-electron chi connectivity index (χ4n) is 1.81. The third-order valence-corrected chi connectivity index (χ3v) is 2.56. The minimum absolute atomic E-state index is 0.293. The van der Waals surface area contributed by atoms with Crippen LogP contribution < -0.4 is 10.6 Å². The van der Waals surface area contributed by atoms with Crippen molar-refractivity contribution in [1.82, 2.24) is 0 Å². The molecule has 0 radical (unpaired) electrons. The van der Waals surface area contributed by atoms with Crippen molar-refractivity contribution in [2.45, 2.75) is 32.5 Å². The van der Waals surface area contributed by atoms with Gasteiger partial charge in [-0.15, -0.1) is 0 Å². The van der Waals surface area contributed by atoms with Gasteiger partial charge in [0.1, 0.15) is 5.75 Å². The molecule has 1 aliphatic rings. The van der Waals surface area contributed by atoms with Gasteiger partial charge in [-0.25, -0.2) is 5.90 Å². The van der Waals surface area contributed by atoms with Gasteiger partial charge in [0.05, 0.1) is 12.7 Å². The van der Waals surface area contributed by atoms with E-state index in [4.69, 9.17) is 10.6 Å². The minimum Gasteiger partial charge on any atom is -0.490 e. The number of nitrogens with two attached hydrogens (primary N) is 1. The molecule has 0 bridgehead atoms. The third-order valence-electron chi connectivity index (χ3n) is 2.56. The van der Waals surface area contributed by atoms with E-state index in [0.29, 0.717) is 12.7 Å². The van der Waals surface area contributed by atoms with E-state index in [-0.39, 0.29) is 0 Å². The first-order valence-electron chi connectivity index (χ1n) is 4.90. The predicted octanol–water partition coefficient (Wildman–Crippen LogP) is 1.79. The Bertz CT molecular complexity index is 325. The largest absolute Gasteiger partial charge is 0.490 e. The normalized spacial score (nSPS) is 20.0. The quantitative estimate of drug-likeness (QED) is 0.728. The van der Waals surface area contributed by atoms with Gasteiger partial charge in [0.15, 0.2) is 0 Å². The monoisotopic (exact) mass is 193 g/mol. The lowest BCUT2D eigenvalue weighted by molar-refractivity contribution is 0.116. The molecule has 14 heavy (non-hydrogen) atoms. The summed E-state index contributed by atoms with van der Waals surface area (Å²) in [7, 11) is 0. The number of benzene rings is 1. The molecule has 76 valence electrons. The molecule has 1 aliphatic heterocycles. The summed E-state index contributed by atoms with van der Waals surface area (Å²) in [5.74, 6) is 6.04. The molecular formula is C11H15NO2. The Morgan fingerprint density at radius 2 is 2.43 bits per heavy atom.